The van der Waals surface area contributed by atoms with E-state index in [1.165, 1.54) is 0 Å². The van der Waals surface area contributed by atoms with Gasteiger partial charge in [0, 0.05) is 0 Å². The summed E-state index contributed by atoms with van der Waals surface area (Å²) in [7, 11) is 3.91. The van der Waals surface area contributed by atoms with Crippen molar-refractivity contribution in [3.8, 4) is 0 Å². The van der Waals surface area contributed by atoms with Gasteiger partial charge in [-0.25, -0.2) is 0 Å². The molecule has 0 aromatic carbocycles. The molecule has 0 unspecified atom stereocenters. The molecule has 2 nitrogen and oxygen atoms in total. The first-order valence-electron chi connectivity index (χ1n) is 1.34. The van der Waals surface area contributed by atoms with E-state index in [0.717, 1.165) is 0 Å². The number of nitrogens with zero attached hydrogens (tertiary/aromatic N) is 1. The van der Waals surface area contributed by atoms with Crippen molar-refractivity contribution in [3.63, 3.8) is 0 Å². The molecule has 0 amide bonds. The molecule has 0 saturated heterocycles. The maximum atomic E-state index is 2.91. The summed E-state index contributed by atoms with van der Waals surface area (Å²) in [5.41, 5.74) is 0. The second-order valence-electron chi connectivity index (χ2n) is 0.994. The number of hydrazine groups is 1. The Hall–Kier alpha value is 1.24. The third kappa shape index (κ3) is 18.9. The SMILES string of the molecule is CN(C)[NH][Nb].Cl.Cl. The average Bonchev–Trinajstić information content (AvgIpc) is 1.38. The normalized spacial score (nSPS) is 6.71. The molecular formula is C2H9Cl2N2Nb. The van der Waals surface area contributed by atoms with E-state index < -0.39 is 0 Å². The Morgan fingerprint density at radius 3 is 1.43 bits per heavy atom. The van der Waals surface area contributed by atoms with Gasteiger partial charge in [0.05, 0.1) is 0 Å². The van der Waals surface area contributed by atoms with Crippen LogP contribution in [0.15, 0.2) is 0 Å². The molecule has 0 saturated carbocycles. The fraction of sp³-hybridized carbons (Fsp3) is 1.00. The number of rotatable bonds is 1. The Bertz CT molecular complexity index is 27.7. The van der Waals surface area contributed by atoms with Crippen LogP contribution in [0.3, 0.4) is 0 Å². The molecule has 0 aliphatic carbocycles. The predicted molar refractivity (Wildman–Crippen MR) is 31.3 cm³/mol. The van der Waals surface area contributed by atoms with Gasteiger partial charge in [0.15, 0.2) is 0 Å². The van der Waals surface area contributed by atoms with E-state index in [1.807, 2.05) is 19.1 Å². The summed E-state index contributed by atoms with van der Waals surface area (Å²) in [5.74, 6) is 0. The quantitative estimate of drug-likeness (QED) is 0.511. The molecule has 0 aliphatic heterocycles. The molecule has 0 rings (SSSR count). The first kappa shape index (κ1) is 15.7. The molecule has 0 heterocycles. The molecule has 0 aliphatic rings. The Labute approximate surface area is 69.0 Å². The molecular weight excluding hydrogens is 216 g/mol. The van der Waals surface area contributed by atoms with Crippen LogP contribution in [-0.4, -0.2) is 19.1 Å². The smallest absolute Gasteiger partial charge is 0.147 e. The van der Waals surface area contributed by atoms with Gasteiger partial charge in [0.1, 0.15) is 0 Å². The van der Waals surface area contributed by atoms with Gasteiger partial charge in [-0.05, 0) is 0 Å². The second kappa shape index (κ2) is 10.3. The van der Waals surface area contributed by atoms with Crippen molar-refractivity contribution in [2.45, 2.75) is 0 Å². The van der Waals surface area contributed by atoms with Crippen LogP contribution in [0, 0.1) is 0 Å². The average molecular weight is 225 g/mol. The van der Waals surface area contributed by atoms with Crippen molar-refractivity contribution in [1.29, 1.82) is 0 Å². The van der Waals surface area contributed by atoms with E-state index >= 15 is 0 Å². The second-order valence-corrected chi connectivity index (χ2v) is 1.49. The molecule has 0 bridgehead atoms. The van der Waals surface area contributed by atoms with Gasteiger partial charge < -0.3 is 0 Å². The van der Waals surface area contributed by atoms with Crippen LogP contribution in [0.5, 0.6) is 0 Å². The summed E-state index contributed by atoms with van der Waals surface area (Å²) in [6, 6.07) is 0. The third-order valence-electron chi connectivity index (χ3n) is 0.200. The summed E-state index contributed by atoms with van der Waals surface area (Å²) in [4.78, 5) is 0. The molecule has 46 valence electrons. The van der Waals surface area contributed by atoms with E-state index in [9.17, 15) is 0 Å². The largest absolute Gasteiger partial charge is 0.147 e. The first-order chi connectivity index (χ1) is 2.27. The zero-order valence-corrected chi connectivity index (χ0v) is 8.04. The standard InChI is InChI=1S/C2H7N2.2ClH.Nb/c1-4(2)3;;;/h3H,1-2H3;2*1H;/q-1;;;+1. The Kier molecular flexibility index (Phi) is 23.1. The van der Waals surface area contributed by atoms with Gasteiger partial charge in [-0.3, -0.25) is 0 Å². The van der Waals surface area contributed by atoms with Crippen molar-refractivity contribution >= 4 is 24.8 Å². The van der Waals surface area contributed by atoms with Crippen molar-refractivity contribution in [1.82, 2.24) is 8.84 Å². The first-order valence-corrected chi connectivity index (χ1v) is 2.44. The Morgan fingerprint density at radius 1 is 1.29 bits per heavy atom. The molecule has 0 aromatic heterocycles. The van der Waals surface area contributed by atoms with Gasteiger partial charge in [0.2, 0.25) is 0 Å². The van der Waals surface area contributed by atoms with Gasteiger partial charge in [-0.15, -0.1) is 24.8 Å². The monoisotopic (exact) mass is 224 g/mol. The van der Waals surface area contributed by atoms with Crippen molar-refractivity contribution in [2.24, 2.45) is 0 Å². The summed E-state index contributed by atoms with van der Waals surface area (Å²) in [5, 5.41) is 1.90. The van der Waals surface area contributed by atoms with E-state index in [0.29, 0.717) is 0 Å². The van der Waals surface area contributed by atoms with E-state index in [1.54, 1.807) is 21.3 Å². The number of hydrogen-bond acceptors (Lipinski definition) is 2. The summed E-state index contributed by atoms with van der Waals surface area (Å²) in [6.45, 7) is 0. The van der Waals surface area contributed by atoms with Crippen LogP contribution in [0.4, 0.5) is 0 Å². The Balaban J connectivity index is -0.0000000800. The van der Waals surface area contributed by atoms with E-state index in [-0.39, 0.29) is 24.8 Å². The van der Waals surface area contributed by atoms with E-state index in [4.69, 9.17) is 0 Å². The minimum absolute atomic E-state index is 0. The maximum Gasteiger partial charge on any atom is -0.147 e. The van der Waals surface area contributed by atoms with Gasteiger partial charge in [-0.1, -0.05) is 0 Å². The topological polar surface area (TPSA) is 15.3 Å². The molecule has 0 radical (unpaired) electrons. The van der Waals surface area contributed by atoms with Crippen LogP contribution in [0.1, 0.15) is 0 Å². The van der Waals surface area contributed by atoms with Crippen LogP contribution in [0.2, 0.25) is 0 Å². The molecule has 0 spiro atoms. The zero-order chi connectivity index (χ0) is 4.28. The number of nitrogens with one attached hydrogen (secondary N) is 1. The van der Waals surface area contributed by atoms with Crippen LogP contribution in [-0.2, 0) is 21.3 Å². The van der Waals surface area contributed by atoms with Gasteiger partial charge in [0.25, 0.3) is 0 Å². The van der Waals surface area contributed by atoms with Gasteiger partial charge >= 0.3 is 44.3 Å². The summed E-state index contributed by atoms with van der Waals surface area (Å²) >= 11 is 1.58. The fourth-order valence-corrected chi connectivity index (χ4v) is 0. The molecule has 5 heteroatoms. The minimum Gasteiger partial charge on any atom is -0.147 e. The zero-order valence-electron chi connectivity index (χ0n) is 4.21. The predicted octanol–water partition coefficient (Wildman–Crippen LogP) is 0.358. The molecule has 0 fully saturated rings. The Morgan fingerprint density at radius 2 is 1.43 bits per heavy atom. The maximum absolute atomic E-state index is 2.91. The van der Waals surface area contributed by atoms with Crippen LogP contribution < -0.4 is 3.83 Å². The van der Waals surface area contributed by atoms with Crippen LogP contribution >= 0.6 is 24.8 Å². The van der Waals surface area contributed by atoms with E-state index in [2.05, 4.69) is 3.83 Å². The fourth-order valence-electron chi connectivity index (χ4n) is 0. The molecule has 1 N–H and O–H groups in total. The number of halogens is 2. The summed E-state index contributed by atoms with van der Waals surface area (Å²) < 4.78 is 2.91. The number of hydrogen-bond donors (Lipinski definition) is 1. The van der Waals surface area contributed by atoms with Crippen molar-refractivity contribution < 1.29 is 21.3 Å². The third-order valence-corrected chi connectivity index (χ3v) is 1.18. The van der Waals surface area contributed by atoms with Crippen molar-refractivity contribution in [3.05, 3.63) is 0 Å². The molecule has 0 aromatic rings. The molecule has 7 heavy (non-hydrogen) atoms. The van der Waals surface area contributed by atoms with Crippen molar-refractivity contribution in [2.75, 3.05) is 14.1 Å². The van der Waals surface area contributed by atoms with Gasteiger partial charge in [-0.2, -0.15) is 0 Å². The minimum atomic E-state index is 0. The summed E-state index contributed by atoms with van der Waals surface area (Å²) in [6.07, 6.45) is 0. The molecule has 0 atom stereocenters. The van der Waals surface area contributed by atoms with Crippen LogP contribution in [0.25, 0.3) is 0 Å².